The predicted octanol–water partition coefficient (Wildman–Crippen LogP) is 5.01. The Hall–Kier alpha value is -0.880. The van der Waals surface area contributed by atoms with E-state index in [4.69, 9.17) is 0 Å². The van der Waals surface area contributed by atoms with Crippen molar-refractivity contribution in [3.8, 4) is 0 Å². The van der Waals surface area contributed by atoms with E-state index in [0.29, 0.717) is 31.2 Å². The first-order valence-corrected chi connectivity index (χ1v) is 12.3. The zero-order chi connectivity index (χ0) is 16.5. The number of hydrogen-bond donors (Lipinski definition) is 0. The molecule has 2 aliphatic rings. The van der Waals surface area contributed by atoms with Gasteiger partial charge in [-0.25, -0.2) is 0 Å². The molecule has 0 aliphatic carbocycles. The molecule has 0 fully saturated rings. The van der Waals surface area contributed by atoms with Crippen LogP contribution in [0, 0.1) is 0 Å². The van der Waals surface area contributed by atoms with E-state index in [1.165, 1.54) is 16.7 Å². The largest absolute Gasteiger partial charge is 0.305 e. The molecular formula is C18H25NO2P2. The first-order chi connectivity index (χ1) is 10.9. The van der Waals surface area contributed by atoms with Gasteiger partial charge in [-0.1, -0.05) is 53.6 Å². The monoisotopic (exact) mass is 349 g/mol. The Labute approximate surface area is 139 Å². The van der Waals surface area contributed by atoms with Crippen LogP contribution < -0.4 is 0 Å². The highest BCUT2D eigenvalue weighted by Gasteiger charge is 2.44. The molecule has 0 spiro atoms. The van der Waals surface area contributed by atoms with E-state index in [9.17, 15) is 9.13 Å². The maximum absolute atomic E-state index is 13.5. The molecule has 0 amide bonds. The SMILES string of the molecule is CC1=CCP(=O)(N(CCc2ccccc2)P2(=O)CC=C(C)C2)C1. The second-order valence-corrected chi connectivity index (χ2v) is 12.8. The normalized spacial score (nSPS) is 30.6. The van der Waals surface area contributed by atoms with Gasteiger partial charge in [-0.05, 0) is 25.8 Å². The summed E-state index contributed by atoms with van der Waals surface area (Å²) in [4.78, 5) is 0. The van der Waals surface area contributed by atoms with Gasteiger partial charge in [-0.15, -0.1) is 0 Å². The van der Waals surface area contributed by atoms with Gasteiger partial charge in [0.15, 0.2) is 14.6 Å². The molecule has 124 valence electrons. The topological polar surface area (TPSA) is 37.4 Å². The predicted molar refractivity (Wildman–Crippen MR) is 99.0 cm³/mol. The molecule has 3 rings (SSSR count). The van der Waals surface area contributed by atoms with Crippen LogP contribution in [0.1, 0.15) is 19.4 Å². The van der Waals surface area contributed by atoms with Crippen molar-refractivity contribution in [2.24, 2.45) is 0 Å². The lowest BCUT2D eigenvalue weighted by molar-refractivity contribution is 0.500. The first kappa shape index (κ1) is 17.0. The van der Waals surface area contributed by atoms with E-state index in [0.717, 1.165) is 6.42 Å². The van der Waals surface area contributed by atoms with Crippen molar-refractivity contribution in [2.45, 2.75) is 20.3 Å². The number of rotatable bonds is 5. The van der Waals surface area contributed by atoms with Crippen molar-refractivity contribution < 1.29 is 9.13 Å². The molecule has 1 aromatic rings. The smallest absolute Gasteiger partial charge is 0.163 e. The Morgan fingerprint density at radius 1 is 0.913 bits per heavy atom. The standard InChI is InChI=1S/C18H25NO2P2/c1-16-9-12-22(20,14-16)19(23(21)13-10-17(2)15-23)11-8-18-6-4-3-5-7-18/h3-7,9-10H,8,11-15H2,1-2H3. The van der Waals surface area contributed by atoms with E-state index in [1.807, 2.05) is 36.5 Å². The van der Waals surface area contributed by atoms with E-state index < -0.39 is 14.6 Å². The summed E-state index contributed by atoms with van der Waals surface area (Å²) in [6.45, 7) is 4.69. The van der Waals surface area contributed by atoms with Gasteiger partial charge < -0.3 is 9.13 Å². The van der Waals surface area contributed by atoms with Gasteiger partial charge in [0.2, 0.25) is 0 Å². The highest BCUT2D eigenvalue weighted by Crippen LogP contribution is 2.70. The number of hydrogen-bond acceptors (Lipinski definition) is 2. The van der Waals surface area contributed by atoms with Crippen molar-refractivity contribution in [3.05, 3.63) is 59.2 Å². The number of allylic oxidation sites excluding steroid dienone is 4. The average Bonchev–Trinajstić information content (AvgIpc) is 3.03. The van der Waals surface area contributed by atoms with E-state index in [1.54, 1.807) is 0 Å². The lowest BCUT2D eigenvalue weighted by atomic mass is 10.2. The minimum Gasteiger partial charge on any atom is -0.305 e. The van der Waals surface area contributed by atoms with Gasteiger partial charge in [0.05, 0.1) is 0 Å². The van der Waals surface area contributed by atoms with Crippen LogP contribution >= 0.6 is 14.6 Å². The molecule has 2 unspecified atom stereocenters. The summed E-state index contributed by atoms with van der Waals surface area (Å²) in [5.74, 6) is 0. The van der Waals surface area contributed by atoms with Crippen LogP contribution in [0.3, 0.4) is 0 Å². The molecule has 3 nitrogen and oxygen atoms in total. The van der Waals surface area contributed by atoms with Crippen molar-refractivity contribution in [1.29, 1.82) is 0 Å². The lowest BCUT2D eigenvalue weighted by Gasteiger charge is -2.34. The van der Waals surface area contributed by atoms with Gasteiger partial charge >= 0.3 is 0 Å². The van der Waals surface area contributed by atoms with Gasteiger partial charge in [-0.3, -0.25) is 0 Å². The van der Waals surface area contributed by atoms with Crippen molar-refractivity contribution in [1.82, 2.24) is 4.44 Å². The van der Waals surface area contributed by atoms with Crippen LogP contribution in [0.5, 0.6) is 0 Å². The van der Waals surface area contributed by atoms with Gasteiger partial charge in [-0.2, -0.15) is 4.44 Å². The van der Waals surface area contributed by atoms with Crippen molar-refractivity contribution in [3.63, 3.8) is 0 Å². The Morgan fingerprint density at radius 2 is 1.43 bits per heavy atom. The van der Waals surface area contributed by atoms with Gasteiger partial charge in [0.1, 0.15) is 0 Å². The summed E-state index contributed by atoms with van der Waals surface area (Å²) in [5.41, 5.74) is 3.56. The Balaban J connectivity index is 1.83. The minimum atomic E-state index is -2.57. The Kier molecular flexibility index (Phi) is 4.83. The average molecular weight is 349 g/mol. The molecule has 2 heterocycles. The highest BCUT2D eigenvalue weighted by atomic mass is 31.2. The zero-order valence-electron chi connectivity index (χ0n) is 13.9. The molecule has 0 saturated carbocycles. The van der Waals surface area contributed by atoms with Crippen LogP contribution in [-0.2, 0) is 15.6 Å². The molecule has 0 radical (unpaired) electrons. The van der Waals surface area contributed by atoms with E-state index in [2.05, 4.69) is 24.3 Å². The van der Waals surface area contributed by atoms with Crippen molar-refractivity contribution >= 4 is 14.6 Å². The molecule has 2 aliphatic heterocycles. The molecule has 5 heteroatoms. The summed E-state index contributed by atoms with van der Waals surface area (Å²) < 4.78 is 29.0. The quantitative estimate of drug-likeness (QED) is 0.554. The maximum Gasteiger partial charge on any atom is 0.163 e. The third-order valence-electron chi connectivity index (χ3n) is 4.73. The minimum absolute atomic E-state index is 0.580. The molecule has 0 bridgehead atoms. The van der Waals surface area contributed by atoms with Crippen LogP contribution in [0.25, 0.3) is 0 Å². The summed E-state index contributed by atoms with van der Waals surface area (Å²) in [6, 6.07) is 10.2. The molecular weight excluding hydrogens is 324 g/mol. The second kappa shape index (κ2) is 6.55. The summed E-state index contributed by atoms with van der Waals surface area (Å²) in [5, 5.41) is 0. The van der Waals surface area contributed by atoms with Crippen LogP contribution in [0.2, 0.25) is 0 Å². The Morgan fingerprint density at radius 3 is 1.87 bits per heavy atom. The fourth-order valence-corrected chi connectivity index (χ4v) is 11.6. The van der Waals surface area contributed by atoms with Gasteiger partial charge in [0.25, 0.3) is 0 Å². The van der Waals surface area contributed by atoms with Crippen molar-refractivity contribution in [2.75, 3.05) is 31.2 Å². The van der Waals surface area contributed by atoms with Crippen LogP contribution in [0.15, 0.2) is 53.6 Å². The zero-order valence-corrected chi connectivity index (χ0v) is 15.7. The third-order valence-corrected chi connectivity index (χ3v) is 12.3. The molecule has 1 aromatic carbocycles. The highest BCUT2D eigenvalue weighted by molar-refractivity contribution is 7.77. The summed E-state index contributed by atoms with van der Waals surface area (Å²) >= 11 is 0. The van der Waals surface area contributed by atoms with Gasteiger partial charge in [0, 0.05) is 31.2 Å². The molecule has 0 aromatic heterocycles. The molecule has 23 heavy (non-hydrogen) atoms. The van der Waals surface area contributed by atoms with Crippen LogP contribution in [-0.4, -0.2) is 35.6 Å². The number of benzene rings is 1. The second-order valence-electron chi connectivity index (χ2n) is 6.81. The lowest BCUT2D eigenvalue weighted by Crippen LogP contribution is -2.23. The fraction of sp³-hybridized carbons (Fsp3) is 0.444. The summed E-state index contributed by atoms with van der Waals surface area (Å²) in [6.07, 6.45) is 7.30. The summed E-state index contributed by atoms with van der Waals surface area (Å²) in [7, 11) is -5.14. The van der Waals surface area contributed by atoms with E-state index >= 15 is 0 Å². The molecule has 2 atom stereocenters. The maximum atomic E-state index is 13.5. The molecule has 0 N–H and O–H groups in total. The Bertz CT molecular complexity index is 695. The van der Waals surface area contributed by atoms with E-state index in [-0.39, 0.29) is 0 Å². The molecule has 0 saturated heterocycles. The fourth-order valence-electron chi connectivity index (χ4n) is 3.52. The number of nitrogens with zero attached hydrogens (tertiary/aromatic N) is 1. The third kappa shape index (κ3) is 3.63. The first-order valence-electron chi connectivity index (χ1n) is 8.21. The van der Waals surface area contributed by atoms with Crippen LogP contribution in [0.4, 0.5) is 0 Å².